The molecule has 2 aromatic carbocycles. The third-order valence-electron chi connectivity index (χ3n) is 7.11. The monoisotopic (exact) mass is 534 g/mol. The maximum absolute atomic E-state index is 13.5. The van der Waals surface area contributed by atoms with Gasteiger partial charge in [0.15, 0.2) is 5.69 Å². The van der Waals surface area contributed by atoms with E-state index in [0.29, 0.717) is 29.3 Å². The van der Waals surface area contributed by atoms with E-state index in [-0.39, 0.29) is 17.5 Å². The molecule has 208 valence electrons. The molecular weight excluding hydrogens is 496 g/mol. The molecule has 3 aromatic rings. The van der Waals surface area contributed by atoms with Crippen LogP contribution in [0.3, 0.4) is 0 Å². The van der Waals surface area contributed by atoms with E-state index in [1.807, 2.05) is 49.3 Å². The number of hydrogen-bond acceptors (Lipinski definition) is 7. The molecule has 1 aromatic heterocycles. The van der Waals surface area contributed by atoms with Crippen LogP contribution in [-0.4, -0.2) is 86.5 Å². The summed E-state index contributed by atoms with van der Waals surface area (Å²) in [6, 6.07) is 11.0. The lowest BCUT2D eigenvalue weighted by Gasteiger charge is -2.32. The van der Waals surface area contributed by atoms with Gasteiger partial charge < -0.3 is 24.0 Å². The Hall–Kier alpha value is -3.85. The lowest BCUT2D eigenvalue weighted by Crippen LogP contribution is -2.39. The van der Waals surface area contributed by atoms with Crippen molar-refractivity contribution >= 4 is 11.9 Å². The predicted octanol–water partition coefficient (Wildman–Crippen LogP) is 4.42. The smallest absolute Gasteiger partial charge is 0.358 e. The van der Waals surface area contributed by atoms with Gasteiger partial charge in [-0.2, -0.15) is 5.10 Å². The molecule has 4 rings (SSSR count). The summed E-state index contributed by atoms with van der Waals surface area (Å²) in [6.07, 6.45) is 1.68. The van der Waals surface area contributed by atoms with Crippen molar-refractivity contribution in [2.24, 2.45) is 0 Å². The summed E-state index contributed by atoms with van der Waals surface area (Å²) in [6.45, 7) is 6.56. The van der Waals surface area contributed by atoms with Crippen LogP contribution in [0.25, 0.3) is 16.9 Å². The standard InChI is InChI=1S/C30H38N4O5/c1-19(2)27-20-14-17-33(16-9-15-32(3)4)29(35)21(20)12-13-23(27)34-24(18-22(31-34)30(36)39-7)28-25(37-5)10-8-11-26(28)38-6/h8,10-13,18-19H,9,14-17H2,1-7H3. The number of carbonyl (C=O) groups is 2. The molecule has 1 aliphatic rings. The zero-order chi connectivity index (χ0) is 28.3. The van der Waals surface area contributed by atoms with Gasteiger partial charge in [0.1, 0.15) is 11.5 Å². The van der Waals surface area contributed by atoms with Crippen molar-refractivity contribution in [1.29, 1.82) is 0 Å². The molecule has 0 atom stereocenters. The highest BCUT2D eigenvalue weighted by Crippen LogP contribution is 2.41. The summed E-state index contributed by atoms with van der Waals surface area (Å²) >= 11 is 0. The van der Waals surface area contributed by atoms with Crippen LogP contribution >= 0.6 is 0 Å². The molecule has 1 amide bonds. The van der Waals surface area contributed by atoms with Gasteiger partial charge in [0.05, 0.1) is 38.3 Å². The molecule has 0 bridgehead atoms. The van der Waals surface area contributed by atoms with E-state index < -0.39 is 5.97 Å². The zero-order valence-corrected chi connectivity index (χ0v) is 23.9. The Balaban J connectivity index is 1.88. The van der Waals surface area contributed by atoms with Crippen LogP contribution in [0.2, 0.25) is 0 Å². The molecule has 0 unspecified atom stereocenters. The van der Waals surface area contributed by atoms with Crippen LogP contribution in [0.5, 0.6) is 11.5 Å². The minimum Gasteiger partial charge on any atom is -0.496 e. The number of fused-ring (bicyclic) bond motifs is 1. The average molecular weight is 535 g/mol. The van der Waals surface area contributed by atoms with Gasteiger partial charge in [-0.15, -0.1) is 0 Å². The van der Waals surface area contributed by atoms with Crippen molar-refractivity contribution in [2.45, 2.75) is 32.6 Å². The minimum absolute atomic E-state index is 0.0609. The summed E-state index contributed by atoms with van der Waals surface area (Å²) in [7, 11) is 8.60. The number of aromatic nitrogens is 2. The van der Waals surface area contributed by atoms with E-state index in [1.54, 1.807) is 25.0 Å². The Labute approximate surface area is 230 Å². The maximum Gasteiger partial charge on any atom is 0.358 e. The lowest BCUT2D eigenvalue weighted by atomic mass is 9.87. The molecule has 0 fully saturated rings. The largest absolute Gasteiger partial charge is 0.496 e. The Kier molecular flexibility index (Phi) is 8.60. The molecule has 2 heterocycles. The Morgan fingerprint density at radius 2 is 1.77 bits per heavy atom. The van der Waals surface area contributed by atoms with E-state index >= 15 is 0 Å². The minimum atomic E-state index is -0.545. The highest BCUT2D eigenvalue weighted by atomic mass is 16.5. The Morgan fingerprint density at radius 3 is 2.36 bits per heavy atom. The van der Waals surface area contributed by atoms with Crippen LogP contribution in [0.4, 0.5) is 0 Å². The molecule has 9 nitrogen and oxygen atoms in total. The highest BCUT2D eigenvalue weighted by molar-refractivity contribution is 5.98. The summed E-state index contributed by atoms with van der Waals surface area (Å²) < 4.78 is 18.1. The number of ether oxygens (including phenoxy) is 3. The van der Waals surface area contributed by atoms with Crippen LogP contribution in [0.15, 0.2) is 36.4 Å². The first-order valence-electron chi connectivity index (χ1n) is 13.2. The second-order valence-electron chi connectivity index (χ2n) is 10.2. The van der Waals surface area contributed by atoms with Gasteiger partial charge in [-0.05, 0) is 80.9 Å². The summed E-state index contributed by atoms with van der Waals surface area (Å²) in [5.41, 5.74) is 5.05. The first-order valence-corrected chi connectivity index (χ1v) is 13.2. The van der Waals surface area contributed by atoms with Crippen molar-refractivity contribution in [3.8, 4) is 28.4 Å². The first-order chi connectivity index (χ1) is 18.7. The van der Waals surface area contributed by atoms with Gasteiger partial charge in [0, 0.05) is 18.7 Å². The summed E-state index contributed by atoms with van der Waals surface area (Å²) in [5, 5.41) is 4.69. The normalized spacial score (nSPS) is 13.2. The van der Waals surface area contributed by atoms with Crippen LogP contribution < -0.4 is 9.47 Å². The first kappa shape index (κ1) is 28.2. The molecule has 0 radical (unpaired) electrons. The molecule has 1 aliphatic heterocycles. The predicted molar refractivity (Wildman–Crippen MR) is 150 cm³/mol. The van der Waals surface area contributed by atoms with Crippen molar-refractivity contribution in [3.05, 3.63) is 58.8 Å². The van der Waals surface area contributed by atoms with Gasteiger partial charge in [-0.1, -0.05) is 19.9 Å². The van der Waals surface area contributed by atoms with Gasteiger partial charge in [-0.3, -0.25) is 4.79 Å². The Bertz CT molecular complexity index is 1340. The van der Waals surface area contributed by atoms with Gasteiger partial charge >= 0.3 is 5.97 Å². The molecule has 0 saturated heterocycles. The van der Waals surface area contributed by atoms with E-state index in [9.17, 15) is 9.59 Å². The number of esters is 1. The number of carbonyl (C=O) groups excluding carboxylic acids is 2. The van der Waals surface area contributed by atoms with E-state index in [0.717, 1.165) is 48.3 Å². The third kappa shape index (κ3) is 5.49. The number of rotatable bonds is 10. The SMILES string of the molecule is COC(=O)c1cc(-c2c(OC)cccc2OC)n(-c2ccc3c(c2C(C)C)CCN(CCCN(C)C)C3=O)n1. The fraction of sp³-hybridized carbons (Fsp3) is 0.433. The van der Waals surface area contributed by atoms with Crippen molar-refractivity contribution in [1.82, 2.24) is 19.6 Å². The third-order valence-corrected chi connectivity index (χ3v) is 7.11. The summed E-state index contributed by atoms with van der Waals surface area (Å²) in [5.74, 6) is 0.780. The molecular formula is C30H38N4O5. The van der Waals surface area contributed by atoms with Gasteiger partial charge in [0.25, 0.3) is 5.91 Å². The number of amides is 1. The van der Waals surface area contributed by atoms with Crippen LogP contribution in [0, 0.1) is 0 Å². The second kappa shape index (κ2) is 11.9. The number of benzene rings is 2. The van der Waals surface area contributed by atoms with Crippen LogP contribution in [-0.2, 0) is 11.2 Å². The molecule has 9 heteroatoms. The number of nitrogens with zero attached hydrogens (tertiary/aromatic N) is 4. The van der Waals surface area contributed by atoms with E-state index in [4.69, 9.17) is 19.3 Å². The lowest BCUT2D eigenvalue weighted by molar-refractivity contribution is 0.0593. The summed E-state index contributed by atoms with van der Waals surface area (Å²) in [4.78, 5) is 30.2. The van der Waals surface area contributed by atoms with Crippen molar-refractivity contribution < 1.29 is 23.8 Å². The van der Waals surface area contributed by atoms with Gasteiger partial charge in [-0.25, -0.2) is 9.48 Å². The Morgan fingerprint density at radius 1 is 1.08 bits per heavy atom. The zero-order valence-electron chi connectivity index (χ0n) is 23.9. The average Bonchev–Trinajstić information content (AvgIpc) is 3.37. The van der Waals surface area contributed by atoms with E-state index in [1.165, 1.54) is 7.11 Å². The molecule has 39 heavy (non-hydrogen) atoms. The highest BCUT2D eigenvalue weighted by Gasteiger charge is 2.30. The quantitative estimate of drug-likeness (QED) is 0.356. The van der Waals surface area contributed by atoms with Crippen LogP contribution in [0.1, 0.15) is 58.2 Å². The topological polar surface area (TPSA) is 86.1 Å². The number of methoxy groups -OCH3 is 3. The molecule has 0 spiro atoms. The fourth-order valence-corrected chi connectivity index (χ4v) is 5.31. The van der Waals surface area contributed by atoms with E-state index in [2.05, 4.69) is 18.7 Å². The van der Waals surface area contributed by atoms with Crippen molar-refractivity contribution in [3.63, 3.8) is 0 Å². The molecule has 0 N–H and O–H groups in total. The van der Waals surface area contributed by atoms with Crippen molar-refractivity contribution in [2.75, 3.05) is 55.1 Å². The molecule has 0 aliphatic carbocycles. The fourth-order valence-electron chi connectivity index (χ4n) is 5.31. The molecule has 0 saturated carbocycles. The van der Waals surface area contributed by atoms with Gasteiger partial charge in [0.2, 0.25) is 0 Å². The number of hydrogen-bond donors (Lipinski definition) is 0. The maximum atomic E-state index is 13.5. The second-order valence-corrected chi connectivity index (χ2v) is 10.2.